The predicted octanol–water partition coefficient (Wildman–Crippen LogP) is 2.29. The van der Waals surface area contributed by atoms with Crippen LogP contribution >= 0.6 is 0 Å². The van der Waals surface area contributed by atoms with Crippen molar-refractivity contribution in [1.29, 1.82) is 0 Å². The van der Waals surface area contributed by atoms with Crippen molar-refractivity contribution < 1.29 is 14.3 Å². The van der Waals surface area contributed by atoms with Gasteiger partial charge < -0.3 is 9.47 Å². The predicted molar refractivity (Wildman–Crippen MR) is 54.1 cm³/mol. The van der Waals surface area contributed by atoms with Crippen LogP contribution < -0.4 is 0 Å². The molecule has 1 rings (SSSR count). The molecule has 0 amide bonds. The van der Waals surface area contributed by atoms with Gasteiger partial charge in [0.25, 0.3) is 0 Å². The number of rotatable bonds is 6. The van der Waals surface area contributed by atoms with Gasteiger partial charge in [-0.1, -0.05) is 6.92 Å². The molecule has 0 aliphatic carbocycles. The third-order valence-electron chi connectivity index (χ3n) is 2.35. The van der Waals surface area contributed by atoms with Gasteiger partial charge in [0.15, 0.2) is 6.29 Å². The third-order valence-corrected chi connectivity index (χ3v) is 2.35. The Morgan fingerprint density at radius 3 is 2.93 bits per heavy atom. The molecular weight excluding hydrogens is 180 g/mol. The van der Waals surface area contributed by atoms with Gasteiger partial charge in [-0.15, -0.1) is 0 Å². The van der Waals surface area contributed by atoms with E-state index in [-0.39, 0.29) is 6.29 Å². The van der Waals surface area contributed by atoms with Crippen molar-refractivity contribution in [2.75, 3.05) is 13.2 Å². The Morgan fingerprint density at radius 1 is 1.43 bits per heavy atom. The molecule has 1 saturated heterocycles. The molecule has 0 saturated carbocycles. The Hall–Kier alpha value is -0.410. The largest absolute Gasteiger partial charge is 0.353 e. The average molecular weight is 200 g/mol. The number of carbonyl (C=O) groups excluding carboxylic acids is 1. The molecule has 0 aromatic carbocycles. The minimum absolute atomic E-state index is 0.0572. The van der Waals surface area contributed by atoms with E-state index < -0.39 is 0 Å². The van der Waals surface area contributed by atoms with Crippen LogP contribution in [0.15, 0.2) is 0 Å². The monoisotopic (exact) mass is 200 g/mol. The second kappa shape index (κ2) is 6.96. The molecule has 0 aromatic heterocycles. The van der Waals surface area contributed by atoms with Crippen molar-refractivity contribution in [2.24, 2.45) is 0 Å². The van der Waals surface area contributed by atoms with E-state index in [1.54, 1.807) is 0 Å². The van der Waals surface area contributed by atoms with Crippen LogP contribution in [0.2, 0.25) is 0 Å². The SMILES string of the molecule is CCCC(=O)CCOC1CCCCO1. The Bertz CT molecular complexity index is 162. The number of carbonyl (C=O) groups is 1. The molecule has 1 unspecified atom stereocenters. The van der Waals surface area contributed by atoms with E-state index in [1.807, 2.05) is 6.92 Å². The summed E-state index contributed by atoms with van der Waals surface area (Å²) >= 11 is 0. The Kier molecular flexibility index (Phi) is 5.80. The van der Waals surface area contributed by atoms with E-state index in [1.165, 1.54) is 6.42 Å². The summed E-state index contributed by atoms with van der Waals surface area (Å²) in [4.78, 5) is 11.2. The van der Waals surface area contributed by atoms with E-state index in [0.717, 1.165) is 25.9 Å². The lowest BCUT2D eigenvalue weighted by atomic mass is 10.2. The van der Waals surface area contributed by atoms with Gasteiger partial charge in [-0.3, -0.25) is 4.79 Å². The summed E-state index contributed by atoms with van der Waals surface area (Å²) in [6.45, 7) is 3.33. The fourth-order valence-electron chi connectivity index (χ4n) is 1.55. The molecule has 0 bridgehead atoms. The van der Waals surface area contributed by atoms with Crippen LogP contribution in [0.25, 0.3) is 0 Å². The lowest BCUT2D eigenvalue weighted by Gasteiger charge is -2.22. The molecule has 1 aliphatic heterocycles. The maximum Gasteiger partial charge on any atom is 0.157 e. The molecule has 82 valence electrons. The first-order valence-corrected chi connectivity index (χ1v) is 5.58. The van der Waals surface area contributed by atoms with E-state index in [0.29, 0.717) is 25.2 Å². The molecule has 0 spiro atoms. The summed E-state index contributed by atoms with van der Waals surface area (Å²) in [5.74, 6) is 0.295. The summed E-state index contributed by atoms with van der Waals surface area (Å²) in [7, 11) is 0. The van der Waals surface area contributed by atoms with Gasteiger partial charge in [0.1, 0.15) is 5.78 Å². The van der Waals surface area contributed by atoms with Crippen LogP contribution in [-0.2, 0) is 14.3 Å². The van der Waals surface area contributed by atoms with Crippen molar-refractivity contribution in [2.45, 2.75) is 51.7 Å². The molecule has 3 heteroatoms. The molecule has 1 aliphatic rings. The molecule has 1 atom stereocenters. The minimum Gasteiger partial charge on any atom is -0.353 e. The van der Waals surface area contributed by atoms with E-state index in [4.69, 9.17) is 9.47 Å². The highest BCUT2D eigenvalue weighted by Gasteiger charge is 2.13. The number of ketones is 1. The molecule has 0 radical (unpaired) electrons. The normalized spacial score (nSPS) is 22.2. The standard InChI is InChI=1S/C11H20O3/c1-2-5-10(12)7-9-14-11-6-3-4-8-13-11/h11H,2-9H2,1H3. The topological polar surface area (TPSA) is 35.5 Å². The lowest BCUT2D eigenvalue weighted by Crippen LogP contribution is -2.23. The molecule has 0 aromatic rings. The highest BCUT2D eigenvalue weighted by molar-refractivity contribution is 5.78. The fourth-order valence-corrected chi connectivity index (χ4v) is 1.55. The van der Waals surface area contributed by atoms with Crippen molar-refractivity contribution in [3.63, 3.8) is 0 Å². The number of hydrogen-bond acceptors (Lipinski definition) is 3. The summed E-state index contributed by atoms with van der Waals surface area (Å²) in [5.41, 5.74) is 0. The summed E-state index contributed by atoms with van der Waals surface area (Å²) < 4.78 is 10.8. The van der Waals surface area contributed by atoms with Gasteiger partial charge in [-0.2, -0.15) is 0 Å². The third kappa shape index (κ3) is 4.72. The van der Waals surface area contributed by atoms with Gasteiger partial charge in [-0.25, -0.2) is 0 Å². The quantitative estimate of drug-likeness (QED) is 0.660. The highest BCUT2D eigenvalue weighted by atomic mass is 16.7. The molecule has 1 fully saturated rings. The van der Waals surface area contributed by atoms with Gasteiger partial charge >= 0.3 is 0 Å². The maximum atomic E-state index is 11.2. The van der Waals surface area contributed by atoms with Crippen LogP contribution in [0, 0.1) is 0 Å². The van der Waals surface area contributed by atoms with Crippen molar-refractivity contribution in [3.8, 4) is 0 Å². The number of Topliss-reactive ketones (excluding diaryl/α,β-unsaturated/α-hetero) is 1. The zero-order valence-corrected chi connectivity index (χ0v) is 8.96. The Balaban J connectivity index is 1.99. The smallest absolute Gasteiger partial charge is 0.157 e. The summed E-state index contributed by atoms with van der Waals surface area (Å²) in [6, 6.07) is 0. The zero-order chi connectivity index (χ0) is 10.2. The van der Waals surface area contributed by atoms with Crippen molar-refractivity contribution in [1.82, 2.24) is 0 Å². The summed E-state index contributed by atoms with van der Waals surface area (Å²) in [6.07, 6.45) is 5.36. The molecule has 14 heavy (non-hydrogen) atoms. The summed E-state index contributed by atoms with van der Waals surface area (Å²) in [5, 5.41) is 0. The number of ether oxygens (including phenoxy) is 2. The van der Waals surface area contributed by atoms with Crippen LogP contribution in [0.3, 0.4) is 0 Å². The van der Waals surface area contributed by atoms with Crippen LogP contribution in [0.1, 0.15) is 45.4 Å². The Morgan fingerprint density at radius 2 is 2.29 bits per heavy atom. The number of hydrogen-bond donors (Lipinski definition) is 0. The van der Waals surface area contributed by atoms with Crippen molar-refractivity contribution >= 4 is 5.78 Å². The minimum atomic E-state index is -0.0572. The van der Waals surface area contributed by atoms with Gasteiger partial charge in [0.2, 0.25) is 0 Å². The second-order valence-corrected chi connectivity index (χ2v) is 3.71. The molecule has 1 heterocycles. The first-order valence-electron chi connectivity index (χ1n) is 5.58. The fraction of sp³-hybridized carbons (Fsp3) is 0.909. The van der Waals surface area contributed by atoms with Crippen LogP contribution in [-0.4, -0.2) is 25.3 Å². The molecular formula is C11H20O3. The van der Waals surface area contributed by atoms with E-state index in [9.17, 15) is 4.79 Å². The van der Waals surface area contributed by atoms with Gasteiger partial charge in [0, 0.05) is 19.4 Å². The van der Waals surface area contributed by atoms with Crippen molar-refractivity contribution in [3.05, 3.63) is 0 Å². The highest BCUT2D eigenvalue weighted by Crippen LogP contribution is 2.13. The van der Waals surface area contributed by atoms with Crippen LogP contribution in [0.5, 0.6) is 0 Å². The second-order valence-electron chi connectivity index (χ2n) is 3.71. The first-order chi connectivity index (χ1) is 6.83. The van der Waals surface area contributed by atoms with Gasteiger partial charge in [0.05, 0.1) is 6.61 Å². The average Bonchev–Trinajstić information content (AvgIpc) is 2.20. The maximum absolute atomic E-state index is 11.2. The van der Waals surface area contributed by atoms with E-state index in [2.05, 4.69) is 0 Å². The molecule has 0 N–H and O–H groups in total. The lowest BCUT2D eigenvalue weighted by molar-refractivity contribution is -0.164. The van der Waals surface area contributed by atoms with E-state index >= 15 is 0 Å². The zero-order valence-electron chi connectivity index (χ0n) is 8.96. The first kappa shape index (κ1) is 11.7. The Labute approximate surface area is 85.8 Å². The van der Waals surface area contributed by atoms with Gasteiger partial charge in [-0.05, 0) is 25.7 Å². The molecule has 3 nitrogen and oxygen atoms in total. The van der Waals surface area contributed by atoms with Crippen LogP contribution in [0.4, 0.5) is 0 Å².